The summed E-state index contributed by atoms with van der Waals surface area (Å²) >= 11 is 0. The number of anilines is 1. The lowest BCUT2D eigenvalue weighted by atomic mass is 10.1. The van der Waals surface area contributed by atoms with Crippen molar-refractivity contribution in [2.45, 2.75) is 44.4 Å². The van der Waals surface area contributed by atoms with Crippen molar-refractivity contribution >= 4 is 11.9 Å². The molecular weight excluding hydrogens is 491 g/mol. The Morgan fingerprint density at radius 1 is 1.11 bits per heavy atom. The highest BCUT2D eigenvalue weighted by Crippen LogP contribution is 2.33. The number of benzene rings is 1. The molecule has 0 saturated carbocycles. The quantitative estimate of drug-likeness (QED) is 0.413. The second-order valence-electron chi connectivity index (χ2n) is 8.99. The van der Waals surface area contributed by atoms with Crippen LogP contribution < -0.4 is 5.32 Å². The Bertz CT molecular complexity index is 1450. The number of carbonyl (C=O) groups is 1. The van der Waals surface area contributed by atoms with Crippen LogP contribution in [0, 0.1) is 0 Å². The summed E-state index contributed by atoms with van der Waals surface area (Å²) < 4.78 is 44.6. The molecule has 0 fully saturated rings. The first kappa shape index (κ1) is 23.1. The maximum Gasteiger partial charge on any atom is 0.416 e. The van der Waals surface area contributed by atoms with E-state index in [4.69, 9.17) is 4.42 Å². The number of amides is 1. The second kappa shape index (κ2) is 8.94. The molecule has 4 aromatic rings. The van der Waals surface area contributed by atoms with Crippen molar-refractivity contribution in [1.82, 2.24) is 40.5 Å². The van der Waals surface area contributed by atoms with E-state index in [1.165, 1.54) is 24.5 Å². The fourth-order valence-electron chi connectivity index (χ4n) is 4.59. The van der Waals surface area contributed by atoms with Gasteiger partial charge in [0.1, 0.15) is 12.1 Å². The van der Waals surface area contributed by atoms with E-state index in [-0.39, 0.29) is 30.2 Å². The lowest BCUT2D eigenvalue weighted by Gasteiger charge is -2.24. The van der Waals surface area contributed by atoms with Gasteiger partial charge in [-0.2, -0.15) is 28.6 Å². The van der Waals surface area contributed by atoms with E-state index in [9.17, 15) is 18.0 Å². The lowest BCUT2D eigenvalue weighted by Crippen LogP contribution is -2.37. The van der Waals surface area contributed by atoms with Crippen molar-refractivity contribution < 1.29 is 22.4 Å². The van der Waals surface area contributed by atoms with E-state index in [0.29, 0.717) is 49.4 Å². The third kappa shape index (κ3) is 4.73. The summed E-state index contributed by atoms with van der Waals surface area (Å²) in [6.45, 7) is 0.917. The number of alkyl halides is 3. The predicted molar refractivity (Wildman–Crippen MR) is 121 cm³/mol. The van der Waals surface area contributed by atoms with Gasteiger partial charge in [0.15, 0.2) is 0 Å². The first-order valence-electron chi connectivity index (χ1n) is 11.6. The second-order valence-corrected chi connectivity index (χ2v) is 8.99. The Labute approximate surface area is 207 Å². The van der Waals surface area contributed by atoms with Gasteiger partial charge in [-0.3, -0.25) is 4.79 Å². The van der Waals surface area contributed by atoms with Crippen LogP contribution in [0.4, 0.5) is 19.1 Å². The van der Waals surface area contributed by atoms with Crippen LogP contribution in [0.25, 0.3) is 11.5 Å². The first-order valence-corrected chi connectivity index (χ1v) is 11.6. The van der Waals surface area contributed by atoms with Crippen LogP contribution >= 0.6 is 0 Å². The third-order valence-electron chi connectivity index (χ3n) is 6.48. The monoisotopic (exact) mass is 511 g/mol. The Kier molecular flexibility index (Phi) is 5.57. The van der Waals surface area contributed by atoms with Crippen molar-refractivity contribution in [3.8, 4) is 11.5 Å². The molecule has 0 saturated heterocycles. The number of H-pyrrole nitrogens is 1. The molecule has 1 aliphatic heterocycles. The van der Waals surface area contributed by atoms with E-state index < -0.39 is 11.7 Å². The van der Waals surface area contributed by atoms with Gasteiger partial charge < -0.3 is 14.6 Å². The zero-order valence-electron chi connectivity index (χ0n) is 19.3. The minimum atomic E-state index is -4.36. The molecule has 190 valence electrons. The van der Waals surface area contributed by atoms with E-state index in [2.05, 4.69) is 40.9 Å². The smallest absolute Gasteiger partial charge is 0.416 e. The van der Waals surface area contributed by atoms with Crippen molar-refractivity contribution in [2.75, 3.05) is 11.9 Å². The molecule has 0 unspecified atom stereocenters. The number of aromatic nitrogens is 7. The van der Waals surface area contributed by atoms with Crippen LogP contribution in [-0.2, 0) is 43.2 Å². The fraction of sp³-hybridized carbons (Fsp3) is 0.348. The summed E-state index contributed by atoms with van der Waals surface area (Å²) in [5.74, 6) is 0.541. The van der Waals surface area contributed by atoms with Gasteiger partial charge in [0.2, 0.25) is 17.7 Å². The number of fused-ring (bicyclic) bond motifs is 2. The van der Waals surface area contributed by atoms with Crippen LogP contribution in [0.3, 0.4) is 0 Å². The van der Waals surface area contributed by atoms with E-state index in [1.54, 1.807) is 4.90 Å². The van der Waals surface area contributed by atoms with Crippen LogP contribution in [-0.4, -0.2) is 59.0 Å². The number of nitrogens with one attached hydrogen (secondary N) is 2. The highest BCUT2D eigenvalue weighted by atomic mass is 19.4. The number of hydrogen-bond donors (Lipinski definition) is 2. The largest absolute Gasteiger partial charge is 0.420 e. The Morgan fingerprint density at radius 2 is 1.89 bits per heavy atom. The predicted octanol–water partition coefficient (Wildman–Crippen LogP) is 2.37. The summed E-state index contributed by atoms with van der Waals surface area (Å²) in [7, 11) is 0. The number of rotatable bonds is 5. The van der Waals surface area contributed by atoms with Crippen LogP contribution in [0.15, 0.2) is 35.0 Å². The molecule has 4 heterocycles. The van der Waals surface area contributed by atoms with Crippen LogP contribution in [0.2, 0.25) is 0 Å². The van der Waals surface area contributed by atoms with Crippen molar-refractivity contribution in [3.63, 3.8) is 0 Å². The average Bonchev–Trinajstić information content (AvgIpc) is 3.62. The maximum atomic E-state index is 13.0. The topological polar surface area (TPSA) is 139 Å². The van der Waals surface area contributed by atoms with Crippen LogP contribution in [0.1, 0.15) is 34.0 Å². The number of aromatic amines is 1. The lowest BCUT2D eigenvalue weighted by molar-refractivity contribution is -0.137. The number of carbonyl (C=O) groups excluding carboxylic acids is 1. The van der Waals surface area contributed by atoms with Crippen molar-refractivity contribution in [3.05, 3.63) is 64.6 Å². The molecule has 0 bridgehead atoms. The van der Waals surface area contributed by atoms with Gasteiger partial charge in [-0.05, 0) is 36.1 Å². The first-order chi connectivity index (χ1) is 17.8. The van der Waals surface area contributed by atoms with Gasteiger partial charge in [-0.1, -0.05) is 6.07 Å². The highest BCUT2D eigenvalue weighted by Gasteiger charge is 2.33. The molecule has 0 radical (unpaired) electrons. The number of hydrogen-bond acceptors (Lipinski definition) is 9. The molecular formula is C23H20F3N9O2. The van der Waals surface area contributed by atoms with Crippen molar-refractivity contribution in [2.24, 2.45) is 0 Å². The highest BCUT2D eigenvalue weighted by molar-refractivity contribution is 5.78. The minimum absolute atomic E-state index is 0.0427. The minimum Gasteiger partial charge on any atom is -0.420 e. The molecule has 1 amide bonds. The van der Waals surface area contributed by atoms with E-state index in [0.717, 1.165) is 23.0 Å². The number of halogens is 3. The van der Waals surface area contributed by atoms with Crippen LogP contribution in [0.5, 0.6) is 0 Å². The summed E-state index contributed by atoms with van der Waals surface area (Å²) in [6.07, 6.45) is 0.265. The summed E-state index contributed by atoms with van der Waals surface area (Å²) in [5.41, 5.74) is 3.00. The van der Waals surface area contributed by atoms with Gasteiger partial charge in [0, 0.05) is 31.4 Å². The van der Waals surface area contributed by atoms with Gasteiger partial charge in [-0.15, -0.1) is 10.2 Å². The molecule has 1 atom stereocenters. The van der Waals surface area contributed by atoms with E-state index in [1.807, 2.05) is 0 Å². The molecule has 11 nitrogen and oxygen atoms in total. The standard InChI is InChI=1S/C23H20F3N9O2/c24-23(25,26)15-2-1-12-6-16(7-13(12)5-15)29-22-27-9-14(10-28-22)21-33-32-19(37-21)8-20(36)35-4-3-17-18(11-35)31-34-30-17/h1-2,5,9-10,16H,3-4,6-8,11H2,(H,27,28,29)(H,30,31,34)/t16-/m0/s1. The SMILES string of the molecule is O=C(Cc1nnc(-c2cnc(N[C@H]3Cc4ccc(C(F)(F)F)cc4C3)nc2)o1)N1CCc2n[nH]nc2C1. The zero-order chi connectivity index (χ0) is 25.6. The molecule has 2 aliphatic rings. The average molecular weight is 511 g/mol. The fourth-order valence-corrected chi connectivity index (χ4v) is 4.59. The molecule has 37 heavy (non-hydrogen) atoms. The Morgan fingerprint density at radius 3 is 2.70 bits per heavy atom. The normalized spacial score (nSPS) is 16.9. The van der Waals surface area contributed by atoms with Crippen molar-refractivity contribution in [1.29, 1.82) is 0 Å². The van der Waals surface area contributed by atoms with E-state index >= 15 is 0 Å². The molecule has 0 spiro atoms. The summed E-state index contributed by atoms with van der Waals surface area (Å²) in [4.78, 5) is 22.9. The summed E-state index contributed by atoms with van der Waals surface area (Å²) in [6, 6.07) is 3.72. The molecule has 14 heteroatoms. The third-order valence-corrected chi connectivity index (χ3v) is 6.48. The maximum absolute atomic E-state index is 13.0. The zero-order valence-corrected chi connectivity index (χ0v) is 19.3. The van der Waals surface area contributed by atoms with Gasteiger partial charge in [-0.25, -0.2) is 9.97 Å². The Balaban J connectivity index is 1.06. The molecule has 3 aromatic heterocycles. The molecule has 1 aliphatic carbocycles. The van der Waals surface area contributed by atoms with Gasteiger partial charge in [0.05, 0.1) is 23.4 Å². The summed E-state index contributed by atoms with van der Waals surface area (Å²) in [5, 5.41) is 21.8. The molecule has 2 N–H and O–H groups in total. The van der Waals surface area contributed by atoms with Gasteiger partial charge >= 0.3 is 6.18 Å². The van der Waals surface area contributed by atoms with Gasteiger partial charge in [0.25, 0.3) is 5.89 Å². The number of nitrogens with zero attached hydrogens (tertiary/aromatic N) is 7. The molecule has 6 rings (SSSR count). The molecule has 1 aromatic carbocycles. The Hall–Kier alpha value is -4.36.